The van der Waals surface area contributed by atoms with Gasteiger partial charge in [-0.1, -0.05) is 54.8 Å². The highest BCUT2D eigenvalue weighted by Crippen LogP contribution is 2.27. The number of hydrogen-bond donors (Lipinski definition) is 2. The van der Waals surface area contributed by atoms with Gasteiger partial charge in [0.15, 0.2) is 0 Å². The van der Waals surface area contributed by atoms with Gasteiger partial charge in [0.2, 0.25) is 0 Å². The number of aryl methyl sites for hydroxylation is 2. The molecule has 0 spiro atoms. The van der Waals surface area contributed by atoms with Crippen LogP contribution in [0.25, 0.3) is 0 Å². The molecule has 0 aliphatic heterocycles. The summed E-state index contributed by atoms with van der Waals surface area (Å²) in [5.74, 6) is 6.46. The van der Waals surface area contributed by atoms with Crippen molar-refractivity contribution in [1.29, 1.82) is 0 Å². The summed E-state index contributed by atoms with van der Waals surface area (Å²) in [5, 5.41) is 0. The number of nitrogens with one attached hydrogen (secondary N) is 1. The lowest BCUT2D eigenvalue weighted by Gasteiger charge is -2.19. The Bertz CT molecular complexity index is 365. The van der Waals surface area contributed by atoms with E-state index in [2.05, 4.69) is 61.2 Å². The number of hydrazine groups is 1. The summed E-state index contributed by atoms with van der Waals surface area (Å²) in [6.45, 7) is 8.78. The molecule has 0 amide bonds. The van der Waals surface area contributed by atoms with Gasteiger partial charge in [-0.05, 0) is 42.9 Å². The normalized spacial score (nSPS) is 13.1. The average molecular weight is 313 g/mol. The van der Waals surface area contributed by atoms with Gasteiger partial charge in [-0.25, -0.2) is 0 Å². The maximum Gasteiger partial charge on any atom is 0.0460 e. The van der Waals surface area contributed by atoms with Gasteiger partial charge < -0.3 is 0 Å². The van der Waals surface area contributed by atoms with Crippen LogP contribution in [-0.2, 0) is 0 Å². The van der Waals surface area contributed by atoms with Crippen molar-refractivity contribution in [1.82, 2.24) is 5.43 Å². The Hall–Kier alpha value is -0.380. The summed E-state index contributed by atoms with van der Waals surface area (Å²) in [6, 6.07) is 4.70. The van der Waals surface area contributed by atoms with Crippen molar-refractivity contribution in [2.24, 2.45) is 11.8 Å². The first kappa shape index (κ1) is 15.7. The summed E-state index contributed by atoms with van der Waals surface area (Å²) in [6.07, 6.45) is 3.56. The molecule has 0 radical (unpaired) electrons. The van der Waals surface area contributed by atoms with Gasteiger partial charge in [-0.15, -0.1) is 0 Å². The second kappa shape index (κ2) is 7.27. The van der Waals surface area contributed by atoms with Crippen molar-refractivity contribution >= 4 is 15.9 Å². The van der Waals surface area contributed by atoms with E-state index in [9.17, 15) is 0 Å². The number of nitrogens with two attached hydrogens (primary N) is 1. The maximum atomic E-state index is 5.70. The lowest BCUT2D eigenvalue weighted by atomic mass is 9.96. The summed E-state index contributed by atoms with van der Waals surface area (Å²) in [4.78, 5) is 0. The molecule has 0 bridgehead atoms. The molecular weight excluding hydrogens is 288 g/mol. The number of hydrogen-bond acceptors (Lipinski definition) is 2. The number of benzene rings is 1. The zero-order chi connectivity index (χ0) is 13.7. The highest BCUT2D eigenvalue weighted by atomic mass is 79.9. The molecule has 1 unspecified atom stereocenters. The van der Waals surface area contributed by atoms with Crippen LogP contribution in [-0.4, -0.2) is 0 Å². The fraction of sp³-hybridized carbons (Fsp3) is 0.600. The minimum absolute atomic E-state index is 0.259. The largest absolute Gasteiger partial charge is 0.271 e. The van der Waals surface area contributed by atoms with E-state index in [0.29, 0.717) is 0 Å². The van der Waals surface area contributed by atoms with Crippen LogP contribution in [0.15, 0.2) is 16.6 Å². The lowest BCUT2D eigenvalue weighted by Crippen LogP contribution is -2.28. The Balaban J connectivity index is 2.76. The predicted molar refractivity (Wildman–Crippen MR) is 82.4 cm³/mol. The summed E-state index contributed by atoms with van der Waals surface area (Å²) in [7, 11) is 0. The molecule has 1 aromatic carbocycles. The van der Waals surface area contributed by atoms with Crippen LogP contribution in [0.4, 0.5) is 0 Å². The van der Waals surface area contributed by atoms with Gasteiger partial charge in [-0.3, -0.25) is 11.3 Å². The quantitative estimate of drug-likeness (QED) is 0.603. The molecular formula is C15H25BrN2. The van der Waals surface area contributed by atoms with E-state index in [4.69, 9.17) is 5.84 Å². The summed E-state index contributed by atoms with van der Waals surface area (Å²) < 4.78 is 1.20. The van der Waals surface area contributed by atoms with Crippen molar-refractivity contribution in [3.05, 3.63) is 33.3 Å². The van der Waals surface area contributed by atoms with Crippen LogP contribution in [0, 0.1) is 19.8 Å². The van der Waals surface area contributed by atoms with Crippen LogP contribution in [0.3, 0.4) is 0 Å². The van der Waals surface area contributed by atoms with Gasteiger partial charge in [0.25, 0.3) is 0 Å². The highest BCUT2D eigenvalue weighted by Gasteiger charge is 2.12. The van der Waals surface area contributed by atoms with Crippen molar-refractivity contribution in [3.63, 3.8) is 0 Å². The van der Waals surface area contributed by atoms with Crippen LogP contribution in [0.2, 0.25) is 0 Å². The Morgan fingerprint density at radius 3 is 2.17 bits per heavy atom. The van der Waals surface area contributed by atoms with Gasteiger partial charge in [0, 0.05) is 10.5 Å². The molecule has 0 fully saturated rings. The minimum atomic E-state index is 0.259. The Morgan fingerprint density at radius 2 is 1.72 bits per heavy atom. The van der Waals surface area contributed by atoms with E-state index in [0.717, 1.165) is 12.3 Å². The van der Waals surface area contributed by atoms with E-state index in [1.807, 2.05) is 0 Å². The number of rotatable bonds is 6. The first-order valence-electron chi connectivity index (χ1n) is 6.68. The van der Waals surface area contributed by atoms with E-state index in [1.54, 1.807) is 0 Å². The molecule has 3 heteroatoms. The monoisotopic (exact) mass is 312 g/mol. The average Bonchev–Trinajstić information content (AvgIpc) is 2.30. The molecule has 0 aliphatic carbocycles. The minimum Gasteiger partial charge on any atom is -0.271 e. The highest BCUT2D eigenvalue weighted by molar-refractivity contribution is 9.10. The molecule has 1 aromatic rings. The van der Waals surface area contributed by atoms with E-state index < -0.39 is 0 Å². The fourth-order valence-electron chi connectivity index (χ4n) is 2.26. The first-order chi connectivity index (χ1) is 8.45. The molecule has 0 heterocycles. The Morgan fingerprint density at radius 1 is 1.17 bits per heavy atom. The lowest BCUT2D eigenvalue weighted by molar-refractivity contribution is 0.455. The zero-order valence-electron chi connectivity index (χ0n) is 11.9. The predicted octanol–water partition coefficient (Wildman–Crippen LogP) is 4.40. The molecule has 0 saturated carbocycles. The van der Waals surface area contributed by atoms with Gasteiger partial charge in [0.05, 0.1) is 0 Å². The van der Waals surface area contributed by atoms with Crippen LogP contribution in [0.1, 0.15) is 55.8 Å². The molecule has 3 N–H and O–H groups in total. The van der Waals surface area contributed by atoms with E-state index in [-0.39, 0.29) is 6.04 Å². The fourth-order valence-corrected chi connectivity index (χ4v) is 2.49. The van der Waals surface area contributed by atoms with E-state index in [1.165, 1.54) is 34.0 Å². The van der Waals surface area contributed by atoms with Gasteiger partial charge in [-0.2, -0.15) is 0 Å². The summed E-state index contributed by atoms with van der Waals surface area (Å²) >= 11 is 3.60. The smallest absolute Gasteiger partial charge is 0.0460 e. The second-order valence-corrected chi connectivity index (χ2v) is 6.31. The molecule has 1 atom stereocenters. The van der Waals surface area contributed by atoms with Crippen molar-refractivity contribution in [2.75, 3.05) is 0 Å². The topological polar surface area (TPSA) is 38.0 Å². The van der Waals surface area contributed by atoms with Crippen LogP contribution >= 0.6 is 15.9 Å². The van der Waals surface area contributed by atoms with Gasteiger partial charge >= 0.3 is 0 Å². The van der Waals surface area contributed by atoms with E-state index >= 15 is 0 Å². The molecule has 2 nitrogen and oxygen atoms in total. The van der Waals surface area contributed by atoms with Gasteiger partial charge in [0.1, 0.15) is 0 Å². The molecule has 0 aliphatic rings. The van der Waals surface area contributed by atoms with Crippen LogP contribution in [0.5, 0.6) is 0 Å². The zero-order valence-corrected chi connectivity index (χ0v) is 13.5. The molecule has 102 valence electrons. The van der Waals surface area contributed by atoms with Crippen molar-refractivity contribution in [2.45, 2.75) is 53.0 Å². The maximum absolute atomic E-state index is 5.70. The second-order valence-electron chi connectivity index (χ2n) is 5.51. The third-order valence-electron chi connectivity index (χ3n) is 3.34. The molecule has 18 heavy (non-hydrogen) atoms. The van der Waals surface area contributed by atoms with Crippen molar-refractivity contribution in [3.8, 4) is 0 Å². The SMILES string of the molecule is Cc1cc(C(CCCC(C)C)NN)cc(C)c1Br. The molecule has 0 saturated heterocycles. The number of halogens is 1. The Kier molecular flexibility index (Phi) is 6.33. The van der Waals surface area contributed by atoms with Crippen LogP contribution < -0.4 is 11.3 Å². The third-order valence-corrected chi connectivity index (χ3v) is 4.59. The first-order valence-corrected chi connectivity index (χ1v) is 7.47. The molecule has 1 rings (SSSR count). The Labute approximate surface area is 119 Å². The van der Waals surface area contributed by atoms with Crippen molar-refractivity contribution < 1.29 is 0 Å². The third kappa shape index (κ3) is 4.38. The standard InChI is InChI=1S/C15H25BrN2/c1-10(2)6-5-7-14(18-17)13-8-11(3)15(16)12(4)9-13/h8-10,14,18H,5-7,17H2,1-4H3. The summed E-state index contributed by atoms with van der Waals surface area (Å²) in [5.41, 5.74) is 6.79. The molecule has 0 aromatic heterocycles.